The Morgan fingerprint density at radius 3 is 2.56 bits per heavy atom. The number of nitrogens with one attached hydrogen (secondary N) is 1. The summed E-state index contributed by atoms with van der Waals surface area (Å²) >= 11 is 0. The molecule has 2 aromatic heterocycles. The van der Waals surface area contributed by atoms with E-state index < -0.39 is 0 Å². The Bertz CT molecular complexity index is 539. The quantitative estimate of drug-likeness (QED) is 0.836. The SMILES string of the molecule is CC(=Cc1cc[n+](C)cc1)Nc1ccc(C)cn1. The summed E-state index contributed by atoms with van der Waals surface area (Å²) in [7, 11) is 2.01. The van der Waals surface area contributed by atoms with Crippen LogP contribution < -0.4 is 9.88 Å². The van der Waals surface area contributed by atoms with Gasteiger partial charge in [-0.15, -0.1) is 0 Å². The summed E-state index contributed by atoms with van der Waals surface area (Å²) in [5.41, 5.74) is 3.41. The Morgan fingerprint density at radius 1 is 1.22 bits per heavy atom. The zero-order chi connectivity index (χ0) is 13.0. The molecule has 18 heavy (non-hydrogen) atoms. The van der Waals surface area contributed by atoms with Gasteiger partial charge in [0, 0.05) is 24.0 Å². The highest BCUT2D eigenvalue weighted by Crippen LogP contribution is 2.10. The highest BCUT2D eigenvalue weighted by atomic mass is 15.0. The van der Waals surface area contributed by atoms with Crippen LogP contribution in [-0.2, 0) is 7.05 Å². The Morgan fingerprint density at radius 2 is 1.94 bits per heavy atom. The predicted octanol–water partition coefficient (Wildman–Crippen LogP) is 2.69. The van der Waals surface area contributed by atoms with E-state index in [-0.39, 0.29) is 0 Å². The summed E-state index contributed by atoms with van der Waals surface area (Å²) in [6.07, 6.45) is 8.02. The van der Waals surface area contributed by atoms with E-state index in [4.69, 9.17) is 0 Å². The fourth-order valence-electron chi connectivity index (χ4n) is 1.64. The van der Waals surface area contributed by atoms with Crippen LogP contribution in [0.5, 0.6) is 0 Å². The number of allylic oxidation sites excluding steroid dienone is 1. The molecule has 0 aromatic carbocycles. The number of aromatic nitrogens is 2. The van der Waals surface area contributed by atoms with Gasteiger partial charge in [0.2, 0.25) is 0 Å². The molecule has 0 radical (unpaired) electrons. The molecule has 0 saturated heterocycles. The molecule has 3 heteroatoms. The van der Waals surface area contributed by atoms with Gasteiger partial charge in [0.15, 0.2) is 12.4 Å². The average molecular weight is 240 g/mol. The van der Waals surface area contributed by atoms with Crippen LogP contribution in [0.2, 0.25) is 0 Å². The van der Waals surface area contributed by atoms with E-state index in [1.54, 1.807) is 0 Å². The van der Waals surface area contributed by atoms with Crippen LogP contribution in [-0.4, -0.2) is 4.98 Å². The van der Waals surface area contributed by atoms with Crippen molar-refractivity contribution in [1.82, 2.24) is 4.98 Å². The summed E-state index contributed by atoms with van der Waals surface area (Å²) in [5, 5.41) is 3.28. The van der Waals surface area contributed by atoms with E-state index in [2.05, 4.69) is 28.5 Å². The molecule has 0 saturated carbocycles. The van der Waals surface area contributed by atoms with E-state index in [1.807, 2.05) is 56.2 Å². The van der Waals surface area contributed by atoms with Crippen molar-refractivity contribution in [1.29, 1.82) is 0 Å². The molecule has 2 rings (SSSR count). The number of anilines is 1. The molecule has 0 aliphatic carbocycles. The molecule has 2 aromatic rings. The molecule has 2 heterocycles. The first-order valence-electron chi connectivity index (χ1n) is 5.97. The summed E-state index contributed by atoms with van der Waals surface area (Å²) in [5.74, 6) is 0.871. The number of nitrogens with zero attached hydrogens (tertiary/aromatic N) is 2. The lowest BCUT2D eigenvalue weighted by Gasteiger charge is -2.05. The topological polar surface area (TPSA) is 28.8 Å². The molecule has 92 valence electrons. The highest BCUT2D eigenvalue weighted by Gasteiger charge is 1.96. The van der Waals surface area contributed by atoms with Gasteiger partial charge in [0.05, 0.1) is 0 Å². The van der Waals surface area contributed by atoms with Crippen LogP contribution >= 0.6 is 0 Å². The van der Waals surface area contributed by atoms with Crippen LogP contribution in [0.4, 0.5) is 5.82 Å². The normalized spacial score (nSPS) is 11.4. The fourth-order valence-corrected chi connectivity index (χ4v) is 1.64. The van der Waals surface area contributed by atoms with Crippen LogP contribution in [0.1, 0.15) is 18.1 Å². The minimum absolute atomic E-state index is 0.871. The van der Waals surface area contributed by atoms with Crippen molar-refractivity contribution in [3.8, 4) is 0 Å². The van der Waals surface area contributed by atoms with Gasteiger partial charge in [-0.3, -0.25) is 0 Å². The van der Waals surface area contributed by atoms with Crippen molar-refractivity contribution in [3.05, 3.63) is 59.7 Å². The van der Waals surface area contributed by atoms with Crippen molar-refractivity contribution in [2.24, 2.45) is 7.05 Å². The first-order valence-corrected chi connectivity index (χ1v) is 5.97. The van der Waals surface area contributed by atoms with E-state index in [0.717, 1.165) is 17.1 Å². The van der Waals surface area contributed by atoms with Gasteiger partial charge in [0.1, 0.15) is 12.9 Å². The van der Waals surface area contributed by atoms with Gasteiger partial charge < -0.3 is 5.32 Å². The average Bonchev–Trinajstić information content (AvgIpc) is 2.35. The lowest BCUT2D eigenvalue weighted by atomic mass is 10.2. The van der Waals surface area contributed by atoms with Crippen LogP contribution in [0.3, 0.4) is 0 Å². The van der Waals surface area contributed by atoms with E-state index in [9.17, 15) is 0 Å². The van der Waals surface area contributed by atoms with Crippen molar-refractivity contribution in [3.63, 3.8) is 0 Å². The van der Waals surface area contributed by atoms with Gasteiger partial charge in [-0.25, -0.2) is 9.55 Å². The van der Waals surface area contributed by atoms with Crippen molar-refractivity contribution in [2.75, 3.05) is 5.32 Å². The van der Waals surface area contributed by atoms with Gasteiger partial charge >= 0.3 is 0 Å². The largest absolute Gasteiger partial charge is 0.344 e. The molecular formula is C15H18N3+. The molecular weight excluding hydrogens is 222 g/mol. The highest BCUT2D eigenvalue weighted by molar-refractivity contribution is 5.56. The monoisotopic (exact) mass is 240 g/mol. The minimum atomic E-state index is 0.871. The standard InChI is InChI=1S/C15H17N3/c1-12-4-5-15(16-11-12)17-13(2)10-14-6-8-18(3)9-7-14/h4-11H,1-3H3/p+1. The molecule has 0 aliphatic rings. The predicted molar refractivity (Wildman–Crippen MR) is 73.9 cm³/mol. The Hall–Kier alpha value is -2.16. The molecule has 0 amide bonds. The van der Waals surface area contributed by atoms with Gasteiger partial charge in [-0.05, 0) is 37.1 Å². The first kappa shape index (κ1) is 12.3. The van der Waals surface area contributed by atoms with E-state index in [0.29, 0.717) is 0 Å². The smallest absolute Gasteiger partial charge is 0.169 e. The minimum Gasteiger partial charge on any atom is -0.344 e. The summed E-state index contributed by atoms with van der Waals surface area (Å²) in [6, 6.07) is 8.18. The van der Waals surface area contributed by atoms with Crippen molar-refractivity contribution in [2.45, 2.75) is 13.8 Å². The van der Waals surface area contributed by atoms with Crippen LogP contribution in [0, 0.1) is 6.92 Å². The third-order valence-electron chi connectivity index (χ3n) is 2.62. The summed E-state index contributed by atoms with van der Waals surface area (Å²) < 4.78 is 2.02. The second-order valence-corrected chi connectivity index (χ2v) is 4.47. The number of hydrogen-bond donors (Lipinski definition) is 1. The molecule has 0 aliphatic heterocycles. The maximum absolute atomic E-state index is 4.32. The lowest BCUT2D eigenvalue weighted by molar-refractivity contribution is -0.671. The zero-order valence-electron chi connectivity index (χ0n) is 11.0. The third-order valence-corrected chi connectivity index (χ3v) is 2.62. The number of hydrogen-bond acceptors (Lipinski definition) is 2. The Labute approximate surface area is 108 Å². The lowest BCUT2D eigenvalue weighted by Crippen LogP contribution is -2.25. The molecule has 3 nitrogen and oxygen atoms in total. The second kappa shape index (κ2) is 5.45. The molecule has 0 bridgehead atoms. The fraction of sp³-hybridized carbons (Fsp3) is 0.200. The van der Waals surface area contributed by atoms with Gasteiger partial charge in [-0.2, -0.15) is 0 Å². The number of aryl methyl sites for hydroxylation is 2. The maximum atomic E-state index is 4.32. The van der Waals surface area contributed by atoms with E-state index >= 15 is 0 Å². The number of pyridine rings is 2. The van der Waals surface area contributed by atoms with Gasteiger partial charge in [0.25, 0.3) is 0 Å². The van der Waals surface area contributed by atoms with Crippen molar-refractivity contribution >= 4 is 11.9 Å². The van der Waals surface area contributed by atoms with Crippen molar-refractivity contribution < 1.29 is 4.57 Å². The summed E-state index contributed by atoms with van der Waals surface area (Å²) in [6.45, 7) is 4.07. The first-order chi connectivity index (χ1) is 8.63. The molecule has 0 atom stereocenters. The van der Waals surface area contributed by atoms with Crippen LogP contribution in [0.25, 0.3) is 6.08 Å². The van der Waals surface area contributed by atoms with E-state index in [1.165, 1.54) is 5.56 Å². The molecule has 0 fully saturated rings. The second-order valence-electron chi connectivity index (χ2n) is 4.47. The molecule has 0 spiro atoms. The molecule has 1 N–H and O–H groups in total. The number of rotatable bonds is 3. The molecule has 0 unspecified atom stereocenters. The maximum Gasteiger partial charge on any atom is 0.169 e. The Balaban J connectivity index is 2.09. The Kier molecular flexibility index (Phi) is 3.72. The van der Waals surface area contributed by atoms with Gasteiger partial charge in [-0.1, -0.05) is 6.07 Å². The zero-order valence-corrected chi connectivity index (χ0v) is 11.0. The summed E-state index contributed by atoms with van der Waals surface area (Å²) in [4.78, 5) is 4.32. The third kappa shape index (κ3) is 3.42. The van der Waals surface area contributed by atoms with Crippen LogP contribution in [0.15, 0.2) is 48.6 Å².